The lowest BCUT2D eigenvalue weighted by molar-refractivity contribution is -0.203. The van der Waals surface area contributed by atoms with Gasteiger partial charge in [0.25, 0.3) is 5.91 Å². The first-order valence-corrected chi connectivity index (χ1v) is 6.63. The summed E-state index contributed by atoms with van der Waals surface area (Å²) in [6.45, 7) is 0.418. The van der Waals surface area contributed by atoms with Crippen LogP contribution in [0, 0.1) is 0 Å². The third-order valence-electron chi connectivity index (χ3n) is 3.08. The van der Waals surface area contributed by atoms with Crippen molar-refractivity contribution in [2.24, 2.45) is 0 Å². The second-order valence-electron chi connectivity index (χ2n) is 4.53. The van der Waals surface area contributed by atoms with Crippen LogP contribution in [0.1, 0.15) is 17.3 Å². The maximum atomic E-state index is 12.9. The number of fused-ring (bicyclic) bond motifs is 1. The van der Waals surface area contributed by atoms with E-state index in [1.807, 2.05) is 0 Å². The average molecular weight is 317 g/mol. The Morgan fingerprint density at radius 2 is 1.86 bits per heavy atom. The highest BCUT2D eigenvalue weighted by Gasteiger charge is 2.58. The third-order valence-corrected chi connectivity index (χ3v) is 4.05. The van der Waals surface area contributed by atoms with E-state index in [0.29, 0.717) is 12.3 Å². The Morgan fingerprint density at radius 1 is 1.24 bits per heavy atom. The van der Waals surface area contributed by atoms with Crippen LogP contribution in [0.3, 0.4) is 0 Å². The molecule has 1 aromatic heterocycles. The van der Waals surface area contributed by atoms with Gasteiger partial charge in [-0.3, -0.25) is 4.79 Å². The molecule has 0 aliphatic carbocycles. The summed E-state index contributed by atoms with van der Waals surface area (Å²) in [6.07, 6.45) is -5.11. The van der Waals surface area contributed by atoms with Crippen LogP contribution in [0.2, 0.25) is 0 Å². The molecule has 0 aliphatic rings. The molecule has 1 heterocycles. The summed E-state index contributed by atoms with van der Waals surface area (Å²) >= 11 is 1.19. The van der Waals surface area contributed by atoms with Gasteiger partial charge in [-0.2, -0.15) is 13.2 Å². The number of hydrogen-bond donors (Lipinski definition) is 2. The highest BCUT2D eigenvalue weighted by Crippen LogP contribution is 2.32. The first-order valence-electron chi connectivity index (χ1n) is 5.75. The van der Waals surface area contributed by atoms with Gasteiger partial charge in [0, 0.05) is 15.5 Å². The quantitative estimate of drug-likeness (QED) is 0.914. The molecular weight excluding hydrogens is 307 g/mol. The lowest BCUT2D eigenvalue weighted by Crippen LogP contribution is -2.61. The summed E-state index contributed by atoms with van der Waals surface area (Å²) in [5, 5.41) is 12.2. The van der Waals surface area contributed by atoms with Crippen LogP contribution < -0.4 is 5.32 Å². The van der Waals surface area contributed by atoms with Crippen LogP contribution in [0.5, 0.6) is 0 Å². The molecule has 1 amide bonds. The highest BCUT2D eigenvalue weighted by molar-refractivity contribution is 7.17. The topological polar surface area (TPSA) is 66.4 Å². The van der Waals surface area contributed by atoms with E-state index in [0.717, 1.165) is 4.70 Å². The van der Waals surface area contributed by atoms with Crippen LogP contribution in [0.25, 0.3) is 10.1 Å². The maximum absolute atomic E-state index is 12.9. The number of alkyl halides is 3. The second kappa shape index (κ2) is 5.03. The molecular formula is C13H10F3NO3S. The summed E-state index contributed by atoms with van der Waals surface area (Å²) in [6, 6.07) is 6.69. The van der Waals surface area contributed by atoms with E-state index in [2.05, 4.69) is 0 Å². The number of benzene rings is 1. The summed E-state index contributed by atoms with van der Waals surface area (Å²) in [7, 11) is 0. The number of nitrogens with one attached hydrogen (secondary N) is 1. The molecule has 1 atom stereocenters. The van der Waals surface area contributed by atoms with Gasteiger partial charge in [0.2, 0.25) is 5.54 Å². The molecule has 1 unspecified atom stereocenters. The Morgan fingerprint density at radius 3 is 2.43 bits per heavy atom. The van der Waals surface area contributed by atoms with Crippen molar-refractivity contribution in [1.29, 1.82) is 0 Å². The van der Waals surface area contributed by atoms with Crippen LogP contribution in [-0.4, -0.2) is 28.7 Å². The molecule has 0 fully saturated rings. The first-order chi connectivity index (χ1) is 9.67. The van der Waals surface area contributed by atoms with E-state index in [1.54, 1.807) is 29.6 Å². The second-order valence-corrected chi connectivity index (χ2v) is 5.44. The number of rotatable bonds is 3. The van der Waals surface area contributed by atoms with Crippen LogP contribution >= 0.6 is 11.3 Å². The molecule has 0 saturated carbocycles. The number of amides is 1. The molecule has 2 aromatic rings. The molecule has 112 valence electrons. The fourth-order valence-electron chi connectivity index (χ4n) is 1.69. The van der Waals surface area contributed by atoms with Crippen molar-refractivity contribution in [2.75, 3.05) is 0 Å². The smallest absolute Gasteiger partial charge is 0.422 e. The number of halogens is 3. The van der Waals surface area contributed by atoms with Crippen LogP contribution in [-0.2, 0) is 4.79 Å². The van der Waals surface area contributed by atoms with Crippen molar-refractivity contribution in [2.45, 2.75) is 18.6 Å². The van der Waals surface area contributed by atoms with Gasteiger partial charge in [-0.15, -0.1) is 11.3 Å². The Kier molecular flexibility index (Phi) is 3.66. The van der Waals surface area contributed by atoms with Gasteiger partial charge in [-0.1, -0.05) is 18.2 Å². The lowest BCUT2D eigenvalue weighted by Gasteiger charge is -2.28. The molecule has 1 aromatic carbocycles. The number of carboxylic acid groups (broad SMARTS) is 1. The zero-order valence-electron chi connectivity index (χ0n) is 10.7. The normalized spacial score (nSPS) is 14.7. The van der Waals surface area contributed by atoms with E-state index in [1.165, 1.54) is 16.7 Å². The summed E-state index contributed by atoms with van der Waals surface area (Å²) in [5.41, 5.74) is -3.32. The van der Waals surface area contributed by atoms with Crippen molar-refractivity contribution in [3.8, 4) is 0 Å². The lowest BCUT2D eigenvalue weighted by atomic mass is 10.0. The molecule has 21 heavy (non-hydrogen) atoms. The largest absolute Gasteiger partial charge is 0.479 e. The Bertz CT molecular complexity index is 710. The van der Waals surface area contributed by atoms with Gasteiger partial charge in [-0.25, -0.2) is 4.79 Å². The Hall–Kier alpha value is -2.09. The maximum Gasteiger partial charge on any atom is 0.422 e. The fourth-order valence-corrected chi connectivity index (χ4v) is 2.63. The van der Waals surface area contributed by atoms with Crippen molar-refractivity contribution in [3.63, 3.8) is 0 Å². The summed E-state index contributed by atoms with van der Waals surface area (Å²) in [5.74, 6) is -3.24. The minimum atomic E-state index is -5.11. The summed E-state index contributed by atoms with van der Waals surface area (Å²) < 4.78 is 39.4. The van der Waals surface area contributed by atoms with Crippen molar-refractivity contribution >= 4 is 33.3 Å². The molecule has 0 saturated heterocycles. The van der Waals surface area contributed by atoms with Crippen molar-refractivity contribution in [1.82, 2.24) is 5.32 Å². The van der Waals surface area contributed by atoms with Gasteiger partial charge >= 0.3 is 12.1 Å². The van der Waals surface area contributed by atoms with Crippen molar-refractivity contribution in [3.05, 3.63) is 35.2 Å². The standard InChI is InChI=1S/C13H10F3NO3S/c1-12(11(19)20,13(14,15)16)17-10(18)8-6-21-9-5-3-2-4-7(8)9/h2-6H,1H3,(H,17,18)(H,19,20). The third kappa shape index (κ3) is 2.58. The predicted molar refractivity (Wildman–Crippen MR) is 71.4 cm³/mol. The molecule has 0 spiro atoms. The van der Waals surface area contributed by atoms with Gasteiger partial charge in [0.1, 0.15) is 0 Å². The zero-order chi connectivity index (χ0) is 15.8. The fraction of sp³-hybridized carbons (Fsp3) is 0.231. The van der Waals surface area contributed by atoms with Crippen LogP contribution in [0.4, 0.5) is 13.2 Å². The molecule has 4 nitrogen and oxygen atoms in total. The number of carbonyl (C=O) groups excluding carboxylic acids is 1. The zero-order valence-corrected chi connectivity index (χ0v) is 11.5. The van der Waals surface area contributed by atoms with E-state index < -0.39 is 23.6 Å². The van der Waals surface area contributed by atoms with E-state index >= 15 is 0 Å². The van der Waals surface area contributed by atoms with E-state index in [-0.39, 0.29) is 5.56 Å². The Balaban J connectivity index is 2.39. The minimum absolute atomic E-state index is 0.0207. The molecule has 0 bridgehead atoms. The van der Waals surface area contributed by atoms with Crippen molar-refractivity contribution < 1.29 is 27.9 Å². The molecule has 2 rings (SSSR count). The Labute approximate surface area is 121 Å². The highest BCUT2D eigenvalue weighted by atomic mass is 32.1. The van der Waals surface area contributed by atoms with E-state index in [4.69, 9.17) is 5.11 Å². The first kappa shape index (κ1) is 15.3. The van der Waals surface area contributed by atoms with Gasteiger partial charge < -0.3 is 10.4 Å². The van der Waals surface area contributed by atoms with Gasteiger partial charge in [0.05, 0.1) is 5.56 Å². The molecule has 0 aliphatic heterocycles. The molecule has 0 radical (unpaired) electrons. The van der Waals surface area contributed by atoms with Gasteiger partial charge in [0.15, 0.2) is 0 Å². The molecule has 2 N–H and O–H groups in total. The summed E-state index contributed by atoms with van der Waals surface area (Å²) in [4.78, 5) is 22.9. The van der Waals surface area contributed by atoms with E-state index in [9.17, 15) is 22.8 Å². The average Bonchev–Trinajstić information content (AvgIpc) is 2.80. The number of carbonyl (C=O) groups is 2. The number of thiophene rings is 1. The number of carboxylic acids is 1. The monoisotopic (exact) mass is 317 g/mol. The van der Waals surface area contributed by atoms with Gasteiger partial charge in [-0.05, 0) is 13.0 Å². The predicted octanol–water partition coefficient (Wildman–Crippen LogP) is 3.04. The number of aliphatic carboxylic acids is 1. The number of hydrogen-bond acceptors (Lipinski definition) is 3. The SMILES string of the molecule is CC(NC(=O)c1csc2ccccc12)(C(=O)O)C(F)(F)F. The molecule has 8 heteroatoms. The minimum Gasteiger partial charge on any atom is -0.479 e. The van der Waals surface area contributed by atoms with Crippen LogP contribution in [0.15, 0.2) is 29.6 Å².